The largest absolute Gasteiger partial charge is 0.440 e. The Labute approximate surface area is 200 Å². The first kappa shape index (κ1) is 23.8. The topological polar surface area (TPSA) is 86.0 Å². The molecule has 4 rings (SSSR count). The van der Waals surface area contributed by atoms with E-state index >= 15 is 0 Å². The average molecular weight is 464 g/mol. The summed E-state index contributed by atoms with van der Waals surface area (Å²) in [6, 6.07) is 12.9. The van der Waals surface area contributed by atoms with E-state index in [-0.39, 0.29) is 29.9 Å². The highest BCUT2D eigenvalue weighted by molar-refractivity contribution is 5.83. The van der Waals surface area contributed by atoms with Gasteiger partial charge in [0, 0.05) is 55.0 Å². The standard InChI is InChI=1S/C27H33N3O4/c1-17(2)27(33)30-11-9-29(10-12-30)25-15-24(32)22-14-18(3)13-21(26(22)34-25)19(4)28-23-8-6-5-7-20(23)16-31/h5-8,13-15,17,19,28,31H,9-12,16H2,1-4H3. The SMILES string of the molecule is Cc1cc(C(C)Nc2ccccc2CO)c2oc(N3CCN(C(=O)C(C)C)CC3)cc(=O)c2c1. The van der Waals surface area contributed by atoms with E-state index in [1.807, 2.05) is 73.9 Å². The number of aryl methyl sites for hydroxylation is 1. The van der Waals surface area contributed by atoms with Crippen molar-refractivity contribution in [2.45, 2.75) is 40.3 Å². The number of amides is 1. The van der Waals surface area contributed by atoms with Crippen LogP contribution in [0.2, 0.25) is 0 Å². The molecule has 1 unspecified atom stereocenters. The summed E-state index contributed by atoms with van der Waals surface area (Å²) in [6.45, 7) is 10.2. The molecule has 0 spiro atoms. The molecule has 7 nitrogen and oxygen atoms in total. The Bertz CT molecular complexity index is 1240. The van der Waals surface area contributed by atoms with Crippen LogP contribution < -0.4 is 15.6 Å². The predicted octanol–water partition coefficient (Wildman–Crippen LogP) is 4.07. The lowest BCUT2D eigenvalue weighted by Gasteiger charge is -2.36. The third-order valence-corrected chi connectivity index (χ3v) is 6.41. The van der Waals surface area contributed by atoms with E-state index in [1.165, 1.54) is 0 Å². The van der Waals surface area contributed by atoms with Crippen LogP contribution in [0, 0.1) is 12.8 Å². The molecule has 1 aliphatic rings. The minimum atomic E-state index is -0.158. The number of rotatable bonds is 6. The lowest BCUT2D eigenvalue weighted by atomic mass is 10.0. The number of fused-ring (bicyclic) bond motifs is 1. The zero-order valence-corrected chi connectivity index (χ0v) is 20.3. The van der Waals surface area contributed by atoms with E-state index < -0.39 is 0 Å². The normalized spacial score (nSPS) is 15.1. The summed E-state index contributed by atoms with van der Waals surface area (Å²) in [5.41, 5.74) is 4.00. The molecule has 0 aliphatic carbocycles. The van der Waals surface area contributed by atoms with Crippen molar-refractivity contribution in [3.63, 3.8) is 0 Å². The fourth-order valence-electron chi connectivity index (χ4n) is 4.52. The van der Waals surface area contributed by atoms with Crippen LogP contribution in [0.4, 0.5) is 11.6 Å². The van der Waals surface area contributed by atoms with Crippen LogP contribution in [0.15, 0.2) is 51.7 Å². The lowest BCUT2D eigenvalue weighted by molar-refractivity contribution is -0.134. The number of hydrogen-bond acceptors (Lipinski definition) is 6. The maximum Gasteiger partial charge on any atom is 0.225 e. The zero-order valence-electron chi connectivity index (χ0n) is 20.3. The van der Waals surface area contributed by atoms with Crippen molar-refractivity contribution in [3.8, 4) is 0 Å². The Morgan fingerprint density at radius 2 is 1.79 bits per heavy atom. The number of aliphatic hydroxyl groups excluding tert-OH is 1. The van der Waals surface area contributed by atoms with Crippen molar-refractivity contribution < 1.29 is 14.3 Å². The lowest BCUT2D eigenvalue weighted by Crippen LogP contribution is -2.50. The second-order valence-electron chi connectivity index (χ2n) is 9.33. The molecule has 0 radical (unpaired) electrons. The minimum absolute atomic E-state index is 0.0269. The van der Waals surface area contributed by atoms with Gasteiger partial charge in [-0.05, 0) is 31.5 Å². The van der Waals surface area contributed by atoms with E-state index in [2.05, 4.69) is 5.32 Å². The number of hydrogen-bond donors (Lipinski definition) is 2. The van der Waals surface area contributed by atoms with Crippen molar-refractivity contribution in [1.29, 1.82) is 0 Å². The maximum absolute atomic E-state index is 13.1. The highest BCUT2D eigenvalue weighted by atomic mass is 16.4. The molecule has 1 aromatic heterocycles. The number of aliphatic hydroxyl groups is 1. The molecule has 1 fully saturated rings. The molecule has 1 atom stereocenters. The summed E-state index contributed by atoms with van der Waals surface area (Å²) < 4.78 is 6.36. The van der Waals surface area contributed by atoms with Crippen molar-refractivity contribution >= 4 is 28.4 Å². The molecule has 2 heterocycles. The third-order valence-electron chi connectivity index (χ3n) is 6.41. The van der Waals surface area contributed by atoms with E-state index in [0.717, 1.165) is 22.4 Å². The molecule has 2 N–H and O–H groups in total. The Kier molecular flexibility index (Phi) is 6.93. The van der Waals surface area contributed by atoms with Crippen LogP contribution in [0.25, 0.3) is 11.0 Å². The molecule has 1 amide bonds. The van der Waals surface area contributed by atoms with E-state index in [0.29, 0.717) is 43.0 Å². The van der Waals surface area contributed by atoms with Crippen LogP contribution >= 0.6 is 0 Å². The number of nitrogens with one attached hydrogen (secondary N) is 1. The Morgan fingerprint density at radius 3 is 2.47 bits per heavy atom. The highest BCUT2D eigenvalue weighted by Crippen LogP contribution is 2.31. The Hall–Kier alpha value is -3.32. The highest BCUT2D eigenvalue weighted by Gasteiger charge is 2.25. The average Bonchev–Trinajstić information content (AvgIpc) is 2.83. The van der Waals surface area contributed by atoms with Crippen molar-refractivity contribution in [3.05, 3.63) is 69.4 Å². The molecule has 3 aromatic rings. The number of nitrogens with zero attached hydrogens (tertiary/aromatic N) is 2. The first-order chi connectivity index (χ1) is 16.3. The van der Waals surface area contributed by atoms with Gasteiger partial charge in [0.15, 0.2) is 11.3 Å². The van der Waals surface area contributed by atoms with Gasteiger partial charge in [0.2, 0.25) is 5.91 Å². The van der Waals surface area contributed by atoms with Gasteiger partial charge in [0.1, 0.15) is 5.58 Å². The smallest absolute Gasteiger partial charge is 0.225 e. The van der Waals surface area contributed by atoms with Gasteiger partial charge in [-0.15, -0.1) is 0 Å². The van der Waals surface area contributed by atoms with Gasteiger partial charge in [-0.25, -0.2) is 0 Å². The maximum atomic E-state index is 13.1. The van der Waals surface area contributed by atoms with Gasteiger partial charge in [-0.3, -0.25) is 9.59 Å². The number of para-hydroxylation sites is 1. The van der Waals surface area contributed by atoms with Gasteiger partial charge in [-0.1, -0.05) is 38.1 Å². The first-order valence-electron chi connectivity index (χ1n) is 11.9. The molecular weight excluding hydrogens is 430 g/mol. The monoisotopic (exact) mass is 463 g/mol. The molecule has 7 heteroatoms. The molecule has 180 valence electrons. The van der Waals surface area contributed by atoms with Gasteiger partial charge in [-0.2, -0.15) is 0 Å². The van der Waals surface area contributed by atoms with Crippen molar-refractivity contribution in [1.82, 2.24) is 4.90 Å². The van der Waals surface area contributed by atoms with Crippen LogP contribution in [-0.2, 0) is 11.4 Å². The van der Waals surface area contributed by atoms with E-state index in [9.17, 15) is 14.7 Å². The Balaban J connectivity index is 1.66. The molecule has 2 aromatic carbocycles. The number of carbonyl (C=O) groups is 1. The number of benzene rings is 2. The van der Waals surface area contributed by atoms with Gasteiger partial charge < -0.3 is 24.6 Å². The number of piperazine rings is 1. The zero-order chi connectivity index (χ0) is 24.4. The summed E-state index contributed by atoms with van der Waals surface area (Å²) in [4.78, 5) is 29.3. The summed E-state index contributed by atoms with van der Waals surface area (Å²) in [6.07, 6.45) is 0. The quantitative estimate of drug-likeness (QED) is 0.573. The van der Waals surface area contributed by atoms with Crippen LogP contribution in [0.3, 0.4) is 0 Å². The van der Waals surface area contributed by atoms with Gasteiger partial charge in [0.25, 0.3) is 0 Å². The van der Waals surface area contributed by atoms with Gasteiger partial charge in [0.05, 0.1) is 18.0 Å². The van der Waals surface area contributed by atoms with E-state index in [4.69, 9.17) is 4.42 Å². The van der Waals surface area contributed by atoms with Crippen LogP contribution in [0.5, 0.6) is 0 Å². The fourth-order valence-corrected chi connectivity index (χ4v) is 4.52. The second-order valence-corrected chi connectivity index (χ2v) is 9.33. The van der Waals surface area contributed by atoms with Crippen LogP contribution in [0.1, 0.15) is 43.5 Å². The summed E-state index contributed by atoms with van der Waals surface area (Å²) >= 11 is 0. The number of anilines is 2. The molecule has 34 heavy (non-hydrogen) atoms. The van der Waals surface area contributed by atoms with Crippen molar-refractivity contribution in [2.75, 3.05) is 36.4 Å². The van der Waals surface area contributed by atoms with Gasteiger partial charge >= 0.3 is 0 Å². The second kappa shape index (κ2) is 9.89. The predicted molar refractivity (Wildman–Crippen MR) is 135 cm³/mol. The third kappa shape index (κ3) is 4.80. The van der Waals surface area contributed by atoms with Crippen molar-refractivity contribution in [2.24, 2.45) is 5.92 Å². The minimum Gasteiger partial charge on any atom is -0.440 e. The molecular formula is C27H33N3O4. The van der Waals surface area contributed by atoms with E-state index in [1.54, 1.807) is 6.07 Å². The molecule has 0 bridgehead atoms. The molecule has 0 saturated carbocycles. The fraction of sp³-hybridized carbons (Fsp3) is 0.407. The molecule has 1 saturated heterocycles. The Morgan fingerprint density at radius 1 is 1.09 bits per heavy atom. The summed E-state index contributed by atoms with van der Waals surface area (Å²) in [7, 11) is 0. The molecule has 1 aliphatic heterocycles. The summed E-state index contributed by atoms with van der Waals surface area (Å²) in [5.74, 6) is 0.656. The first-order valence-corrected chi connectivity index (χ1v) is 11.9. The van der Waals surface area contributed by atoms with Crippen LogP contribution in [-0.4, -0.2) is 42.1 Å². The number of carbonyl (C=O) groups excluding carboxylic acids is 1. The summed E-state index contributed by atoms with van der Waals surface area (Å²) in [5, 5.41) is 13.7.